The van der Waals surface area contributed by atoms with Crippen molar-refractivity contribution in [1.29, 1.82) is 5.26 Å². The lowest BCUT2D eigenvalue weighted by atomic mass is 10.2. The van der Waals surface area contributed by atoms with E-state index in [2.05, 4.69) is 4.98 Å². The zero-order valence-corrected chi connectivity index (χ0v) is 14.0. The maximum atomic E-state index is 12.1. The summed E-state index contributed by atoms with van der Waals surface area (Å²) < 4.78 is 31.4. The summed E-state index contributed by atoms with van der Waals surface area (Å²) in [7, 11) is -4.07. The van der Waals surface area contributed by atoms with E-state index < -0.39 is 22.0 Å². The van der Waals surface area contributed by atoms with Crippen molar-refractivity contribution in [2.24, 2.45) is 0 Å². The van der Waals surface area contributed by atoms with Gasteiger partial charge in [0, 0.05) is 6.20 Å². The first kappa shape index (κ1) is 17.7. The Bertz CT molecular complexity index is 874. The van der Waals surface area contributed by atoms with Gasteiger partial charge in [-0.25, -0.2) is 18.1 Å². The third-order valence-corrected chi connectivity index (χ3v) is 4.47. The van der Waals surface area contributed by atoms with Crippen molar-refractivity contribution in [3.63, 3.8) is 0 Å². The zero-order chi connectivity index (χ0) is 17.7. The van der Waals surface area contributed by atoms with Crippen molar-refractivity contribution in [1.82, 2.24) is 9.71 Å². The number of nitrogens with zero attached hydrogens (tertiary/aromatic N) is 2. The molecule has 2 aromatic rings. The van der Waals surface area contributed by atoms with Crippen molar-refractivity contribution < 1.29 is 17.9 Å². The van der Waals surface area contributed by atoms with Crippen molar-refractivity contribution in [2.75, 3.05) is 0 Å². The average Bonchev–Trinajstić information content (AvgIpc) is 2.55. The molecule has 1 N–H and O–H groups in total. The van der Waals surface area contributed by atoms with E-state index in [0.29, 0.717) is 11.3 Å². The molecule has 0 aliphatic heterocycles. The van der Waals surface area contributed by atoms with Crippen LogP contribution in [0.5, 0.6) is 5.75 Å². The Morgan fingerprint density at radius 1 is 1.29 bits per heavy atom. The van der Waals surface area contributed by atoms with Crippen LogP contribution < -0.4 is 9.46 Å². The number of halogens is 1. The van der Waals surface area contributed by atoms with Gasteiger partial charge >= 0.3 is 0 Å². The van der Waals surface area contributed by atoms with Gasteiger partial charge in [0.25, 0.3) is 15.9 Å². The normalized spacial score (nSPS) is 12.0. The van der Waals surface area contributed by atoms with Gasteiger partial charge in [0.1, 0.15) is 15.8 Å². The minimum absolute atomic E-state index is 0.137. The topological polar surface area (TPSA) is 109 Å². The molecule has 1 aromatic carbocycles. The highest BCUT2D eigenvalue weighted by molar-refractivity contribution is 7.90. The fourth-order valence-electron chi connectivity index (χ4n) is 1.66. The summed E-state index contributed by atoms with van der Waals surface area (Å²) in [6, 6.07) is 10.6. The molecule has 0 aliphatic rings. The van der Waals surface area contributed by atoms with Crippen LogP contribution in [0.1, 0.15) is 12.5 Å². The first-order chi connectivity index (χ1) is 11.3. The molecule has 1 amide bonds. The van der Waals surface area contributed by atoms with E-state index in [1.807, 2.05) is 10.8 Å². The maximum absolute atomic E-state index is 12.1. The number of nitriles is 1. The van der Waals surface area contributed by atoms with Crippen LogP contribution in [0.4, 0.5) is 0 Å². The van der Waals surface area contributed by atoms with Crippen molar-refractivity contribution in [2.45, 2.75) is 17.9 Å². The van der Waals surface area contributed by atoms with Crippen molar-refractivity contribution in [3.05, 3.63) is 53.3 Å². The first-order valence-electron chi connectivity index (χ1n) is 6.67. The number of pyridine rings is 1. The molecule has 0 saturated carbocycles. The zero-order valence-electron chi connectivity index (χ0n) is 12.4. The van der Waals surface area contributed by atoms with Gasteiger partial charge < -0.3 is 4.74 Å². The molecule has 0 aliphatic carbocycles. The minimum Gasteiger partial charge on any atom is -0.481 e. The molecule has 7 nitrogen and oxygen atoms in total. The van der Waals surface area contributed by atoms with Crippen LogP contribution in [-0.4, -0.2) is 25.4 Å². The molecule has 0 saturated heterocycles. The Labute approximate surface area is 143 Å². The summed E-state index contributed by atoms with van der Waals surface area (Å²) in [6.07, 6.45) is -0.0163. The number of sulfonamides is 1. The lowest BCUT2D eigenvalue weighted by Gasteiger charge is -2.14. The highest BCUT2D eigenvalue weighted by Gasteiger charge is 2.23. The number of ether oxygens (including phenoxy) is 1. The lowest BCUT2D eigenvalue weighted by Crippen LogP contribution is -2.40. The fourth-order valence-corrected chi connectivity index (χ4v) is 2.76. The van der Waals surface area contributed by atoms with E-state index in [1.165, 1.54) is 43.3 Å². The molecular weight excluding hydrogens is 354 g/mol. The van der Waals surface area contributed by atoms with Crippen molar-refractivity contribution in [3.8, 4) is 11.8 Å². The summed E-state index contributed by atoms with van der Waals surface area (Å²) in [5.74, 6) is -0.503. The second-order valence-electron chi connectivity index (χ2n) is 4.68. The number of carbonyl (C=O) groups is 1. The number of amides is 1. The van der Waals surface area contributed by atoms with E-state index in [0.717, 1.165) is 6.20 Å². The molecule has 1 unspecified atom stereocenters. The monoisotopic (exact) mass is 365 g/mol. The summed E-state index contributed by atoms with van der Waals surface area (Å²) in [6.45, 7) is 1.41. The molecule has 24 heavy (non-hydrogen) atoms. The van der Waals surface area contributed by atoms with Crippen LogP contribution >= 0.6 is 11.6 Å². The molecule has 2 rings (SSSR count). The molecule has 0 radical (unpaired) electrons. The average molecular weight is 366 g/mol. The van der Waals surface area contributed by atoms with Crippen LogP contribution in [0, 0.1) is 11.3 Å². The van der Waals surface area contributed by atoms with Crippen LogP contribution in [0.15, 0.2) is 47.5 Å². The van der Waals surface area contributed by atoms with Gasteiger partial charge in [-0.1, -0.05) is 11.6 Å². The molecular formula is C15H12ClN3O4S. The van der Waals surface area contributed by atoms with E-state index in [-0.39, 0.29) is 10.0 Å². The predicted octanol–water partition coefficient (Wildman–Crippen LogP) is 1.88. The molecule has 1 heterocycles. The Morgan fingerprint density at radius 2 is 1.96 bits per heavy atom. The number of nitrogens with one attached hydrogen (secondary N) is 1. The van der Waals surface area contributed by atoms with Crippen LogP contribution in [0.2, 0.25) is 5.15 Å². The smallest absolute Gasteiger partial charge is 0.274 e. The van der Waals surface area contributed by atoms with Gasteiger partial charge in [-0.15, -0.1) is 0 Å². The Hall–Kier alpha value is -2.63. The van der Waals surface area contributed by atoms with Gasteiger partial charge in [0.2, 0.25) is 0 Å². The van der Waals surface area contributed by atoms with Crippen LogP contribution in [0.3, 0.4) is 0 Å². The number of hydrogen-bond donors (Lipinski definition) is 1. The first-order valence-corrected chi connectivity index (χ1v) is 8.53. The second kappa shape index (κ2) is 7.29. The molecule has 1 atom stereocenters. The van der Waals surface area contributed by atoms with Gasteiger partial charge in [-0.05, 0) is 43.3 Å². The number of rotatable bonds is 5. The van der Waals surface area contributed by atoms with Crippen molar-refractivity contribution >= 4 is 27.5 Å². The summed E-state index contributed by atoms with van der Waals surface area (Å²) in [5, 5.41) is 8.85. The Kier molecular flexibility index (Phi) is 5.39. The van der Waals surface area contributed by atoms with E-state index >= 15 is 0 Å². The molecule has 0 bridgehead atoms. The number of benzene rings is 1. The van der Waals surface area contributed by atoms with Crippen LogP contribution in [-0.2, 0) is 14.8 Å². The largest absolute Gasteiger partial charge is 0.481 e. The Balaban J connectivity index is 2.05. The van der Waals surface area contributed by atoms with E-state index in [1.54, 1.807) is 0 Å². The lowest BCUT2D eigenvalue weighted by molar-refractivity contribution is -0.125. The maximum Gasteiger partial charge on any atom is 0.274 e. The number of aromatic nitrogens is 1. The van der Waals surface area contributed by atoms with Crippen LogP contribution in [0.25, 0.3) is 0 Å². The molecule has 0 spiro atoms. The number of hydrogen-bond acceptors (Lipinski definition) is 6. The highest BCUT2D eigenvalue weighted by Crippen LogP contribution is 2.14. The van der Waals surface area contributed by atoms with Gasteiger partial charge in [0.05, 0.1) is 11.6 Å². The standard InChI is InChI=1S/C15H12ClN3O4S/c1-10(23-12-4-2-11(8-17)3-5-12)15(20)19-24(21,22)13-6-7-14(16)18-9-13/h2-7,9-10H,1H3,(H,19,20). The number of carbonyl (C=O) groups excluding carboxylic acids is 1. The molecule has 0 fully saturated rings. The fraction of sp³-hybridized carbons (Fsp3) is 0.133. The Morgan fingerprint density at radius 3 is 2.50 bits per heavy atom. The summed E-state index contributed by atoms with van der Waals surface area (Å²) >= 11 is 5.60. The quantitative estimate of drug-likeness (QED) is 0.810. The highest BCUT2D eigenvalue weighted by atomic mass is 35.5. The SMILES string of the molecule is CC(Oc1ccc(C#N)cc1)C(=O)NS(=O)(=O)c1ccc(Cl)nc1. The van der Waals surface area contributed by atoms with Gasteiger partial charge in [0.15, 0.2) is 6.10 Å². The molecule has 9 heteroatoms. The summed E-state index contributed by atoms with van der Waals surface area (Å²) in [5.41, 5.74) is 0.442. The second-order valence-corrected chi connectivity index (χ2v) is 6.75. The third kappa shape index (κ3) is 4.44. The van der Waals surface area contributed by atoms with Gasteiger partial charge in [-0.2, -0.15) is 5.26 Å². The third-order valence-electron chi connectivity index (χ3n) is 2.91. The predicted molar refractivity (Wildman–Crippen MR) is 85.8 cm³/mol. The van der Waals surface area contributed by atoms with E-state index in [9.17, 15) is 13.2 Å². The van der Waals surface area contributed by atoms with Gasteiger partial charge in [-0.3, -0.25) is 4.79 Å². The molecule has 1 aromatic heterocycles. The minimum atomic E-state index is -4.07. The summed E-state index contributed by atoms with van der Waals surface area (Å²) in [4.78, 5) is 15.5. The van der Waals surface area contributed by atoms with E-state index in [4.69, 9.17) is 21.6 Å². The molecule has 124 valence electrons.